The van der Waals surface area contributed by atoms with Gasteiger partial charge >= 0.3 is 0 Å². The Morgan fingerprint density at radius 1 is 1.33 bits per heavy atom. The van der Waals surface area contributed by atoms with Crippen molar-refractivity contribution in [3.8, 4) is 0 Å². The van der Waals surface area contributed by atoms with Gasteiger partial charge < -0.3 is 5.32 Å². The van der Waals surface area contributed by atoms with E-state index in [0.717, 1.165) is 29.7 Å². The van der Waals surface area contributed by atoms with Gasteiger partial charge in [0.2, 0.25) is 16.0 Å². The van der Waals surface area contributed by atoms with Gasteiger partial charge in [-0.3, -0.25) is 9.36 Å². The van der Waals surface area contributed by atoms with E-state index in [1.54, 1.807) is 0 Å². The van der Waals surface area contributed by atoms with Crippen LogP contribution in [-0.2, 0) is 10.0 Å². The fourth-order valence-electron chi connectivity index (χ4n) is 3.74. The molecule has 2 aromatic heterocycles. The van der Waals surface area contributed by atoms with Crippen LogP contribution in [0.4, 0.5) is 14.7 Å². The fourth-order valence-corrected chi connectivity index (χ4v) is 4.23. The van der Waals surface area contributed by atoms with Gasteiger partial charge in [-0.05, 0) is 31.7 Å². The number of halogens is 2. The Morgan fingerprint density at radius 2 is 2.03 bits per heavy atom. The van der Waals surface area contributed by atoms with E-state index >= 15 is 0 Å². The molecule has 1 aliphatic carbocycles. The minimum absolute atomic E-state index is 0.0218. The monoisotopic (exact) mass is 449 g/mol. The number of nitrogens with zero attached hydrogens (tertiary/aromatic N) is 4. The van der Waals surface area contributed by atoms with Crippen LogP contribution in [0.15, 0.2) is 17.1 Å². The van der Waals surface area contributed by atoms with Gasteiger partial charge in [0.15, 0.2) is 0 Å². The average molecular weight is 450 g/mol. The highest BCUT2D eigenvalue weighted by molar-refractivity contribution is 7.88. The number of hydrogen-bond acceptors (Lipinski definition) is 6. The van der Waals surface area contributed by atoms with Gasteiger partial charge in [0.1, 0.15) is 7.02 Å². The quantitative estimate of drug-likeness (QED) is 0.754. The third-order valence-electron chi connectivity index (χ3n) is 5.22. The van der Waals surface area contributed by atoms with Crippen molar-refractivity contribution in [2.24, 2.45) is 0 Å². The van der Waals surface area contributed by atoms with Gasteiger partial charge in [-0.25, -0.2) is 26.5 Å². The molecule has 0 aromatic carbocycles. The highest BCUT2D eigenvalue weighted by atomic mass is 32.2. The molecule has 1 saturated heterocycles. The van der Waals surface area contributed by atoms with Crippen molar-refractivity contribution >= 4 is 27.0 Å². The molecule has 0 radical (unpaired) electrons. The smallest absolute Gasteiger partial charge is 0.269 e. The zero-order chi connectivity index (χ0) is 28.5. The molecular formula is C19H25F2N5O3S. The summed E-state index contributed by atoms with van der Waals surface area (Å²) in [7, 11) is -5.02. The number of alkyl halides is 2. The van der Waals surface area contributed by atoms with E-state index in [-0.39, 0.29) is 21.3 Å². The van der Waals surface area contributed by atoms with E-state index in [4.69, 9.17) is 11.0 Å². The molecule has 0 atom stereocenters. The largest absolute Gasteiger partial charge is 0.351 e. The van der Waals surface area contributed by atoms with Crippen LogP contribution in [0.3, 0.4) is 0 Å². The predicted octanol–water partition coefficient (Wildman–Crippen LogP) is 2.68. The van der Waals surface area contributed by atoms with Crippen molar-refractivity contribution in [2.75, 3.05) is 24.6 Å². The van der Waals surface area contributed by atoms with Gasteiger partial charge in [0, 0.05) is 46.4 Å². The van der Waals surface area contributed by atoms with Crippen molar-refractivity contribution in [3.63, 3.8) is 0 Å². The predicted molar refractivity (Wildman–Crippen MR) is 109 cm³/mol. The summed E-state index contributed by atoms with van der Waals surface area (Å²) >= 11 is 0. The van der Waals surface area contributed by atoms with Crippen LogP contribution >= 0.6 is 0 Å². The summed E-state index contributed by atoms with van der Waals surface area (Å²) in [5.74, 6) is -0.348. The normalized spacial score (nSPS) is 27.8. The van der Waals surface area contributed by atoms with E-state index in [9.17, 15) is 22.0 Å². The van der Waals surface area contributed by atoms with Crippen molar-refractivity contribution in [3.05, 3.63) is 28.2 Å². The highest BCUT2D eigenvalue weighted by Crippen LogP contribution is 2.32. The van der Waals surface area contributed by atoms with Gasteiger partial charge in [-0.2, -0.15) is 4.98 Å². The number of hydrogen-bond donors (Lipinski definition) is 1. The number of anilines is 1. The summed E-state index contributed by atoms with van der Waals surface area (Å²) in [5, 5.41) is 2.53. The molecule has 1 aliphatic heterocycles. The molecule has 0 spiro atoms. The highest BCUT2D eigenvalue weighted by Gasteiger charge is 2.27. The Bertz CT molecular complexity index is 1390. The third-order valence-corrected chi connectivity index (χ3v) is 6.16. The average Bonchev–Trinajstić information content (AvgIpc) is 3.28. The van der Waals surface area contributed by atoms with Crippen LogP contribution in [-0.4, -0.2) is 52.6 Å². The Hall–Kier alpha value is -2.14. The van der Waals surface area contributed by atoms with E-state index in [1.165, 1.54) is 0 Å². The molecule has 164 valence electrons. The zero-order valence-corrected chi connectivity index (χ0v) is 16.5. The molecule has 11 heteroatoms. The second kappa shape index (κ2) is 8.18. The zero-order valence-electron chi connectivity index (χ0n) is 23.7. The minimum Gasteiger partial charge on any atom is -0.351 e. The van der Waals surface area contributed by atoms with Crippen molar-refractivity contribution in [1.82, 2.24) is 18.8 Å². The van der Waals surface area contributed by atoms with E-state index in [0.29, 0.717) is 12.8 Å². The molecule has 8 nitrogen and oxygen atoms in total. The lowest BCUT2D eigenvalue weighted by Gasteiger charge is -2.30. The summed E-state index contributed by atoms with van der Waals surface area (Å²) in [5.41, 5.74) is -2.20. The molecule has 0 bridgehead atoms. The number of sulfonamides is 1. The summed E-state index contributed by atoms with van der Waals surface area (Å²) < 4.78 is 116. The number of nitrogens with one attached hydrogen (secondary N) is 1. The van der Waals surface area contributed by atoms with Crippen molar-refractivity contribution < 1.29 is 28.2 Å². The van der Waals surface area contributed by atoms with E-state index in [1.807, 2.05) is 0 Å². The Labute approximate surface area is 184 Å². The van der Waals surface area contributed by atoms with E-state index < -0.39 is 71.7 Å². The maximum atomic E-state index is 13.9. The SMILES string of the molecule is [2H]C(F)(F)c1cc2cnc(NC3C([2H])([2H])CN(S(=O)(=O)C([2H])([2H])[2H])CC3([2H])[2H])nc2n(C2CCCC2)c1=O. The molecule has 30 heavy (non-hydrogen) atoms. The molecule has 2 aliphatic rings. The Balaban J connectivity index is 1.76. The van der Waals surface area contributed by atoms with Crippen LogP contribution in [0, 0.1) is 0 Å². The summed E-state index contributed by atoms with van der Waals surface area (Å²) in [6.07, 6.45) is -9.36. The summed E-state index contributed by atoms with van der Waals surface area (Å²) in [6, 6.07) is -1.41. The molecule has 0 unspecified atom stereocenters. The minimum atomic E-state index is -5.02. The van der Waals surface area contributed by atoms with Crippen LogP contribution < -0.4 is 10.9 Å². The third kappa shape index (κ3) is 4.18. The van der Waals surface area contributed by atoms with Gasteiger partial charge in [-0.1, -0.05) is 12.8 Å². The van der Waals surface area contributed by atoms with Crippen molar-refractivity contribution in [2.45, 2.75) is 56.9 Å². The first-order valence-corrected chi connectivity index (χ1v) is 10.8. The second-order valence-corrected chi connectivity index (χ2v) is 8.63. The second-order valence-electron chi connectivity index (χ2n) is 7.16. The Kier molecular flexibility index (Phi) is 3.63. The number of pyridine rings is 1. The summed E-state index contributed by atoms with van der Waals surface area (Å²) in [4.78, 5) is 21.2. The standard InChI is InChI=1S/C19H25F2N5O3S/c1-30(28,29)25-8-6-13(7-9-25)23-19-22-11-12-10-15(16(20)21)18(27)26(17(12)24-19)14-4-2-3-5-14/h10-11,13-14,16H,2-9H2,1H3,(H,22,23,24)/i1D3,6D2,7D2,16D. The maximum absolute atomic E-state index is 13.9. The number of piperidine rings is 1. The fraction of sp³-hybridized carbons (Fsp3) is 0.632. The Morgan fingerprint density at radius 3 is 2.67 bits per heavy atom. The van der Waals surface area contributed by atoms with Gasteiger partial charge in [0.05, 0.1) is 11.7 Å². The molecule has 2 aromatic rings. The van der Waals surface area contributed by atoms with Crippen LogP contribution in [0.2, 0.25) is 0 Å². The first kappa shape index (κ1) is 13.3. The molecular weight excluding hydrogens is 416 g/mol. The summed E-state index contributed by atoms with van der Waals surface area (Å²) in [6.45, 7) is -1.93. The molecule has 3 heterocycles. The van der Waals surface area contributed by atoms with E-state index in [2.05, 4.69) is 15.3 Å². The lowest BCUT2D eigenvalue weighted by molar-refractivity contribution is 0.149. The first-order chi connectivity index (χ1) is 17.3. The molecule has 4 rings (SSSR count). The molecule has 0 amide bonds. The van der Waals surface area contributed by atoms with Crippen LogP contribution in [0.5, 0.6) is 0 Å². The van der Waals surface area contributed by atoms with Gasteiger partial charge in [0.25, 0.3) is 12.0 Å². The molecule has 1 saturated carbocycles. The first-order valence-electron chi connectivity index (χ1n) is 13.3. The van der Waals surface area contributed by atoms with Crippen LogP contribution in [0.25, 0.3) is 11.0 Å². The molecule has 2 fully saturated rings. The topological polar surface area (TPSA) is 97.2 Å². The van der Waals surface area contributed by atoms with Crippen molar-refractivity contribution in [1.29, 1.82) is 0 Å². The number of aromatic nitrogens is 3. The molecule has 1 N–H and O–H groups in total. The lowest BCUT2D eigenvalue weighted by atomic mass is 10.1. The maximum Gasteiger partial charge on any atom is 0.269 e. The van der Waals surface area contributed by atoms with Crippen LogP contribution in [0.1, 0.15) is 67.4 Å². The number of fused-ring (bicyclic) bond motifs is 1. The lowest BCUT2D eigenvalue weighted by Crippen LogP contribution is -2.42. The van der Waals surface area contributed by atoms with Gasteiger partial charge in [-0.15, -0.1) is 0 Å². The number of rotatable bonds is 5.